The highest BCUT2D eigenvalue weighted by atomic mass is 32.2. The lowest BCUT2D eigenvalue weighted by Gasteiger charge is -2.25. The van der Waals surface area contributed by atoms with Crippen LogP contribution in [0.3, 0.4) is 0 Å². The fourth-order valence-electron chi connectivity index (χ4n) is 1.97. The Morgan fingerprint density at radius 3 is 2.75 bits per heavy atom. The maximum atomic E-state index is 12.6. The summed E-state index contributed by atoms with van der Waals surface area (Å²) in [5.74, 6) is 0.785. The monoisotopic (exact) mass is 317 g/mol. The highest BCUT2D eigenvalue weighted by Crippen LogP contribution is 2.23. The number of nitrogens with one attached hydrogen (secondary N) is 1. The van der Waals surface area contributed by atoms with Gasteiger partial charge in [0.15, 0.2) is 5.03 Å². The van der Waals surface area contributed by atoms with Gasteiger partial charge in [0.1, 0.15) is 0 Å². The van der Waals surface area contributed by atoms with Crippen molar-refractivity contribution in [1.29, 1.82) is 0 Å². The summed E-state index contributed by atoms with van der Waals surface area (Å²) in [4.78, 5) is 4.03. The van der Waals surface area contributed by atoms with Crippen LogP contribution in [0.5, 0.6) is 0 Å². The summed E-state index contributed by atoms with van der Waals surface area (Å²) in [5.41, 5.74) is 0.529. The third kappa shape index (κ3) is 3.36. The summed E-state index contributed by atoms with van der Waals surface area (Å²) >= 11 is 0. The number of nitrogens with zero attached hydrogens (tertiary/aromatic N) is 2. The molecule has 1 aliphatic rings. The van der Waals surface area contributed by atoms with Crippen LogP contribution < -0.4 is 5.32 Å². The minimum Gasteiger partial charge on any atom is -0.383 e. The van der Waals surface area contributed by atoms with Gasteiger partial charge in [-0.3, -0.25) is 4.21 Å². The van der Waals surface area contributed by atoms with Gasteiger partial charge in [-0.1, -0.05) is 6.92 Å². The predicted molar refractivity (Wildman–Crippen MR) is 79.7 cm³/mol. The van der Waals surface area contributed by atoms with Gasteiger partial charge in [0.2, 0.25) is 0 Å². The highest BCUT2D eigenvalue weighted by molar-refractivity contribution is 7.89. The molecule has 20 heavy (non-hydrogen) atoms. The molecule has 8 heteroatoms. The number of aromatic nitrogens is 1. The van der Waals surface area contributed by atoms with Crippen LogP contribution in [0.4, 0.5) is 5.69 Å². The molecule has 1 N–H and O–H groups in total. The highest BCUT2D eigenvalue weighted by Gasteiger charge is 2.31. The molecule has 0 radical (unpaired) electrons. The first kappa shape index (κ1) is 15.4. The summed E-state index contributed by atoms with van der Waals surface area (Å²) in [6.07, 6.45) is 2.38. The van der Waals surface area contributed by atoms with Crippen molar-refractivity contribution in [1.82, 2.24) is 9.29 Å². The van der Waals surface area contributed by atoms with Crippen LogP contribution >= 0.6 is 0 Å². The molecule has 0 spiro atoms. The van der Waals surface area contributed by atoms with Gasteiger partial charge in [-0.25, -0.2) is 13.4 Å². The van der Waals surface area contributed by atoms with Crippen LogP contribution in [0, 0.1) is 0 Å². The molecule has 0 aromatic carbocycles. The van der Waals surface area contributed by atoms with E-state index in [-0.39, 0.29) is 5.03 Å². The van der Waals surface area contributed by atoms with Crippen LogP contribution in [-0.2, 0) is 20.8 Å². The van der Waals surface area contributed by atoms with Crippen molar-refractivity contribution in [2.24, 2.45) is 0 Å². The van der Waals surface area contributed by atoms with E-state index in [1.54, 1.807) is 12.1 Å². The van der Waals surface area contributed by atoms with Crippen molar-refractivity contribution in [2.45, 2.75) is 18.4 Å². The van der Waals surface area contributed by atoms with E-state index in [0.717, 1.165) is 6.42 Å². The van der Waals surface area contributed by atoms with Gasteiger partial charge in [0.05, 0.1) is 5.69 Å². The Kier molecular flexibility index (Phi) is 5.11. The lowest BCUT2D eigenvalue weighted by molar-refractivity contribution is 0.436. The quantitative estimate of drug-likeness (QED) is 0.863. The Balaban J connectivity index is 2.27. The molecule has 1 aliphatic heterocycles. The normalized spacial score (nSPS) is 18.1. The number of rotatable bonds is 5. The van der Waals surface area contributed by atoms with E-state index in [4.69, 9.17) is 0 Å². The number of hydrogen-bond donors (Lipinski definition) is 1. The number of sulfonamides is 1. The largest absolute Gasteiger partial charge is 0.383 e. The second-order valence-corrected chi connectivity index (χ2v) is 8.08. The molecule has 0 saturated carbocycles. The summed E-state index contributed by atoms with van der Waals surface area (Å²) in [6, 6.07) is 3.43. The smallest absolute Gasteiger partial charge is 0.262 e. The van der Waals surface area contributed by atoms with Gasteiger partial charge in [-0.15, -0.1) is 0 Å². The first-order chi connectivity index (χ1) is 9.55. The average Bonchev–Trinajstić information content (AvgIpc) is 2.46. The van der Waals surface area contributed by atoms with E-state index >= 15 is 0 Å². The molecule has 2 rings (SSSR count). The van der Waals surface area contributed by atoms with Crippen LogP contribution in [0.1, 0.15) is 13.3 Å². The number of pyridine rings is 1. The third-order valence-electron chi connectivity index (χ3n) is 3.06. The summed E-state index contributed by atoms with van der Waals surface area (Å²) in [5, 5.41) is 3.15. The molecular formula is C12H19N3O3S2. The Bertz CT molecular complexity index is 579. The van der Waals surface area contributed by atoms with Crippen molar-refractivity contribution in [3.8, 4) is 0 Å². The van der Waals surface area contributed by atoms with E-state index in [0.29, 0.717) is 36.8 Å². The van der Waals surface area contributed by atoms with Crippen molar-refractivity contribution >= 4 is 26.5 Å². The lowest BCUT2D eigenvalue weighted by Crippen LogP contribution is -2.42. The minimum absolute atomic E-state index is 0.0566. The van der Waals surface area contributed by atoms with Crippen molar-refractivity contribution in [3.05, 3.63) is 18.3 Å². The predicted octanol–water partition coefficient (Wildman–Crippen LogP) is 0.656. The van der Waals surface area contributed by atoms with Gasteiger partial charge >= 0.3 is 0 Å². The van der Waals surface area contributed by atoms with Crippen LogP contribution in [0.2, 0.25) is 0 Å². The molecule has 1 aromatic rings. The zero-order valence-corrected chi connectivity index (χ0v) is 13.0. The van der Waals surface area contributed by atoms with Crippen molar-refractivity contribution < 1.29 is 12.6 Å². The molecule has 2 heterocycles. The van der Waals surface area contributed by atoms with Crippen molar-refractivity contribution in [2.75, 3.05) is 36.5 Å². The Labute approximate surface area is 122 Å². The van der Waals surface area contributed by atoms with Crippen LogP contribution in [0.25, 0.3) is 0 Å². The first-order valence-electron chi connectivity index (χ1n) is 6.59. The number of hydrogen-bond acceptors (Lipinski definition) is 5. The molecule has 112 valence electrons. The molecule has 0 bridgehead atoms. The molecule has 0 atom stereocenters. The maximum Gasteiger partial charge on any atom is 0.262 e. The first-order valence-corrected chi connectivity index (χ1v) is 9.52. The molecular weight excluding hydrogens is 298 g/mol. The lowest BCUT2D eigenvalue weighted by atomic mass is 10.4. The average molecular weight is 317 g/mol. The minimum atomic E-state index is -3.62. The van der Waals surface area contributed by atoms with Crippen LogP contribution in [-0.4, -0.2) is 53.1 Å². The second-order valence-electron chi connectivity index (χ2n) is 4.54. The van der Waals surface area contributed by atoms with Gasteiger partial charge in [0, 0.05) is 48.1 Å². The molecule has 0 amide bonds. The maximum absolute atomic E-state index is 12.6. The Morgan fingerprint density at radius 2 is 2.10 bits per heavy atom. The van der Waals surface area contributed by atoms with E-state index < -0.39 is 20.8 Å². The van der Waals surface area contributed by atoms with E-state index in [1.807, 2.05) is 6.92 Å². The molecule has 1 saturated heterocycles. The summed E-state index contributed by atoms with van der Waals surface area (Å²) < 4.78 is 37.9. The molecule has 1 fully saturated rings. The van der Waals surface area contributed by atoms with Gasteiger partial charge in [-0.2, -0.15) is 4.31 Å². The molecule has 0 aliphatic carbocycles. The van der Waals surface area contributed by atoms with E-state index in [2.05, 4.69) is 10.3 Å². The summed E-state index contributed by atoms with van der Waals surface area (Å²) in [7, 11) is -4.53. The van der Waals surface area contributed by atoms with Crippen molar-refractivity contribution in [3.63, 3.8) is 0 Å². The van der Waals surface area contributed by atoms with Crippen LogP contribution in [0.15, 0.2) is 23.4 Å². The zero-order valence-electron chi connectivity index (χ0n) is 11.4. The topological polar surface area (TPSA) is 79.4 Å². The third-order valence-corrected chi connectivity index (χ3v) is 6.19. The fraction of sp³-hybridized carbons (Fsp3) is 0.583. The number of anilines is 1. The molecule has 6 nitrogen and oxygen atoms in total. The molecule has 1 aromatic heterocycles. The zero-order chi connectivity index (χ0) is 14.6. The molecule has 0 unspecified atom stereocenters. The Morgan fingerprint density at radius 1 is 1.40 bits per heavy atom. The van der Waals surface area contributed by atoms with Gasteiger partial charge in [0.25, 0.3) is 10.0 Å². The standard InChI is InChI=1S/C12H19N3O3S2/c1-2-5-13-11-4-3-6-14-12(11)20(17,18)15-7-9-19(16)10-8-15/h3-4,6,13H,2,5,7-10H2,1H3. The van der Waals surface area contributed by atoms with Gasteiger partial charge < -0.3 is 5.32 Å². The van der Waals surface area contributed by atoms with E-state index in [1.165, 1.54) is 10.5 Å². The fourth-order valence-corrected chi connectivity index (χ4v) is 4.78. The second kappa shape index (κ2) is 6.64. The summed E-state index contributed by atoms with van der Waals surface area (Å²) in [6.45, 7) is 3.28. The van der Waals surface area contributed by atoms with Gasteiger partial charge in [-0.05, 0) is 18.6 Å². The van der Waals surface area contributed by atoms with E-state index in [9.17, 15) is 12.6 Å². The SMILES string of the molecule is CCCNc1cccnc1S(=O)(=O)N1CCS(=O)CC1. The Hall–Kier alpha value is -0.990.